The Hall–Kier alpha value is -2.37. The van der Waals surface area contributed by atoms with Gasteiger partial charge in [0.25, 0.3) is 0 Å². The van der Waals surface area contributed by atoms with Crippen LogP contribution in [0.15, 0.2) is 24.3 Å². The number of aromatic carboxylic acids is 1. The number of carbonyl (C=O) groups excluding carboxylic acids is 3. The summed E-state index contributed by atoms with van der Waals surface area (Å²) >= 11 is 0. The minimum absolute atomic E-state index is 0.0174. The first-order valence-electron chi connectivity index (χ1n) is 5.69. The molecular weight excluding hydrogens is 250 g/mol. The molecule has 0 heterocycles. The van der Waals surface area contributed by atoms with E-state index in [1.54, 1.807) is 6.92 Å². The van der Waals surface area contributed by atoms with Gasteiger partial charge in [0.2, 0.25) is 5.91 Å². The van der Waals surface area contributed by atoms with Gasteiger partial charge in [-0.3, -0.25) is 4.79 Å². The molecule has 1 amide bonds. The van der Waals surface area contributed by atoms with E-state index in [-0.39, 0.29) is 30.2 Å². The van der Waals surface area contributed by atoms with Gasteiger partial charge in [-0.1, -0.05) is 19.1 Å². The van der Waals surface area contributed by atoms with E-state index in [0.717, 1.165) is 0 Å². The van der Waals surface area contributed by atoms with Crippen LogP contribution in [0.3, 0.4) is 0 Å². The minimum atomic E-state index is -1.33. The molecule has 1 aromatic carbocycles. The molecule has 0 fully saturated rings. The molecule has 0 unspecified atom stereocenters. The molecule has 0 spiro atoms. The average Bonchev–Trinajstić information content (AvgIpc) is 2.27. The van der Waals surface area contributed by atoms with Gasteiger partial charge in [0.15, 0.2) is 0 Å². The monoisotopic (exact) mass is 263 g/mol. The normalized spacial score (nSPS) is 11.6. The summed E-state index contributed by atoms with van der Waals surface area (Å²) in [6.07, 6.45) is -0.184. The number of carbonyl (C=O) groups is 3. The van der Waals surface area contributed by atoms with Crippen molar-refractivity contribution in [2.45, 2.75) is 19.8 Å². The van der Waals surface area contributed by atoms with Gasteiger partial charge in [0, 0.05) is 18.1 Å². The van der Waals surface area contributed by atoms with Crippen molar-refractivity contribution in [3.05, 3.63) is 29.8 Å². The first-order valence-corrected chi connectivity index (χ1v) is 5.69. The highest BCUT2D eigenvalue weighted by molar-refractivity contribution is 5.93. The molecule has 6 heteroatoms. The number of anilines is 1. The molecule has 102 valence electrons. The molecule has 0 saturated carbocycles. The van der Waals surface area contributed by atoms with Crippen LogP contribution in [-0.4, -0.2) is 17.8 Å². The van der Waals surface area contributed by atoms with Gasteiger partial charge in [0.1, 0.15) is 0 Å². The summed E-state index contributed by atoms with van der Waals surface area (Å²) < 4.78 is 0. The number of hydrogen-bond donors (Lipinski definition) is 1. The second kappa shape index (κ2) is 6.53. The second-order valence-electron chi connectivity index (χ2n) is 4.30. The molecule has 1 rings (SSSR count). The summed E-state index contributed by atoms with van der Waals surface area (Å²) in [6, 6.07) is 5.64. The number of amides is 1. The van der Waals surface area contributed by atoms with Crippen LogP contribution in [0, 0.1) is 5.92 Å². The molecular formula is C13H13NO5-2. The molecule has 6 nitrogen and oxygen atoms in total. The van der Waals surface area contributed by atoms with Gasteiger partial charge in [-0.05, 0) is 30.0 Å². The van der Waals surface area contributed by atoms with Crippen LogP contribution in [0.2, 0.25) is 0 Å². The van der Waals surface area contributed by atoms with Crippen LogP contribution in [-0.2, 0) is 9.59 Å². The lowest BCUT2D eigenvalue weighted by molar-refractivity contribution is -0.306. The Kier molecular flexibility index (Phi) is 5.05. The highest BCUT2D eigenvalue weighted by Gasteiger charge is 2.10. The third-order valence-electron chi connectivity index (χ3n) is 2.43. The molecule has 1 aromatic rings. The summed E-state index contributed by atoms with van der Waals surface area (Å²) in [5.74, 6) is -3.28. The van der Waals surface area contributed by atoms with Crippen LogP contribution in [0.4, 0.5) is 5.69 Å². The Morgan fingerprint density at radius 2 is 1.89 bits per heavy atom. The number of hydrogen-bond acceptors (Lipinski definition) is 5. The Bertz CT molecular complexity index is 498. The standard InChI is InChI=1S/C13H15NO5/c1-8(6-12(16)17)5-11(15)14-10-4-2-3-9(7-10)13(18)19/h2-4,7-8H,5-6H2,1H3,(H,14,15)(H,16,17)(H,18,19)/p-2/t8-/m0/s1. The number of benzene rings is 1. The number of carboxylic acid groups (broad SMARTS) is 2. The van der Waals surface area contributed by atoms with Gasteiger partial charge >= 0.3 is 0 Å². The van der Waals surface area contributed by atoms with E-state index >= 15 is 0 Å². The van der Waals surface area contributed by atoms with E-state index in [1.165, 1.54) is 24.3 Å². The fourth-order valence-electron chi connectivity index (χ4n) is 1.61. The Labute approximate surface area is 110 Å². The maximum Gasteiger partial charge on any atom is 0.224 e. The summed E-state index contributed by atoms with van der Waals surface area (Å²) in [4.78, 5) is 32.6. The largest absolute Gasteiger partial charge is 0.550 e. The summed E-state index contributed by atoms with van der Waals surface area (Å²) in [6.45, 7) is 1.62. The Morgan fingerprint density at radius 1 is 1.21 bits per heavy atom. The van der Waals surface area contributed by atoms with Gasteiger partial charge in [-0.2, -0.15) is 0 Å². The predicted octanol–water partition coefficient (Wildman–Crippen LogP) is -0.845. The fraction of sp³-hybridized carbons (Fsp3) is 0.308. The third-order valence-corrected chi connectivity index (χ3v) is 2.43. The summed E-state index contributed by atoms with van der Waals surface area (Å²) in [5.41, 5.74) is 0.285. The quantitative estimate of drug-likeness (QED) is 0.719. The fourth-order valence-corrected chi connectivity index (χ4v) is 1.61. The molecule has 0 aliphatic rings. The molecule has 1 N–H and O–H groups in total. The molecule has 0 bridgehead atoms. The summed E-state index contributed by atoms with van der Waals surface area (Å²) in [5, 5.41) is 23.5. The van der Waals surface area contributed by atoms with Crippen molar-refractivity contribution in [1.29, 1.82) is 0 Å². The molecule has 0 aromatic heterocycles. The van der Waals surface area contributed by atoms with Gasteiger partial charge < -0.3 is 25.1 Å². The maximum absolute atomic E-state index is 11.6. The van der Waals surface area contributed by atoms with Crippen molar-refractivity contribution in [3.63, 3.8) is 0 Å². The van der Waals surface area contributed by atoms with Crippen molar-refractivity contribution >= 4 is 23.5 Å². The van der Waals surface area contributed by atoms with E-state index < -0.39 is 11.9 Å². The van der Waals surface area contributed by atoms with E-state index in [9.17, 15) is 24.6 Å². The summed E-state index contributed by atoms with van der Waals surface area (Å²) in [7, 11) is 0. The molecule has 0 radical (unpaired) electrons. The topological polar surface area (TPSA) is 109 Å². The van der Waals surface area contributed by atoms with E-state index in [4.69, 9.17) is 0 Å². The van der Waals surface area contributed by atoms with Gasteiger partial charge in [0.05, 0.1) is 5.97 Å². The Morgan fingerprint density at radius 3 is 2.47 bits per heavy atom. The number of carboxylic acids is 2. The van der Waals surface area contributed by atoms with E-state index in [0.29, 0.717) is 5.69 Å². The van der Waals surface area contributed by atoms with E-state index in [1.807, 2.05) is 0 Å². The van der Waals surface area contributed by atoms with Gasteiger partial charge in [-0.25, -0.2) is 0 Å². The molecule has 0 aliphatic carbocycles. The molecule has 19 heavy (non-hydrogen) atoms. The number of nitrogens with one attached hydrogen (secondary N) is 1. The number of rotatable bonds is 6. The zero-order chi connectivity index (χ0) is 14.4. The SMILES string of the molecule is C[C@H](CC(=O)[O-])CC(=O)Nc1cccc(C(=O)[O-])c1. The van der Waals surface area contributed by atoms with Crippen LogP contribution in [0.1, 0.15) is 30.1 Å². The lowest BCUT2D eigenvalue weighted by atomic mass is 10.0. The first kappa shape index (κ1) is 14.7. The third kappa shape index (κ3) is 5.20. The highest BCUT2D eigenvalue weighted by atomic mass is 16.4. The van der Waals surface area contributed by atoms with Crippen LogP contribution < -0.4 is 15.5 Å². The number of aliphatic carboxylic acids is 1. The average molecular weight is 263 g/mol. The van der Waals surface area contributed by atoms with Gasteiger partial charge in [-0.15, -0.1) is 0 Å². The molecule has 0 saturated heterocycles. The van der Waals surface area contributed by atoms with E-state index in [2.05, 4.69) is 5.32 Å². The lowest BCUT2D eigenvalue weighted by Gasteiger charge is -2.12. The van der Waals surface area contributed by atoms with Crippen LogP contribution in [0.5, 0.6) is 0 Å². The van der Waals surface area contributed by atoms with Crippen LogP contribution >= 0.6 is 0 Å². The zero-order valence-electron chi connectivity index (χ0n) is 10.3. The second-order valence-corrected chi connectivity index (χ2v) is 4.30. The predicted molar refractivity (Wildman–Crippen MR) is 62.8 cm³/mol. The van der Waals surface area contributed by atoms with Crippen molar-refractivity contribution in [2.24, 2.45) is 5.92 Å². The highest BCUT2D eigenvalue weighted by Crippen LogP contribution is 2.13. The van der Waals surface area contributed by atoms with Crippen molar-refractivity contribution in [2.75, 3.05) is 5.32 Å². The Balaban J connectivity index is 2.59. The minimum Gasteiger partial charge on any atom is -0.550 e. The zero-order valence-corrected chi connectivity index (χ0v) is 10.3. The van der Waals surface area contributed by atoms with Crippen molar-refractivity contribution in [3.8, 4) is 0 Å². The first-order chi connectivity index (χ1) is 8.88. The maximum atomic E-state index is 11.6. The van der Waals surface area contributed by atoms with Crippen LogP contribution in [0.25, 0.3) is 0 Å². The smallest absolute Gasteiger partial charge is 0.224 e. The molecule has 1 atom stereocenters. The lowest BCUT2D eigenvalue weighted by Crippen LogP contribution is -2.26. The van der Waals surface area contributed by atoms with Crippen molar-refractivity contribution in [1.82, 2.24) is 0 Å². The molecule has 0 aliphatic heterocycles. The van der Waals surface area contributed by atoms with Crippen molar-refractivity contribution < 1.29 is 24.6 Å².